The minimum Gasteiger partial charge on any atom is -0.377 e. The molecule has 0 aliphatic heterocycles. The molecule has 0 aliphatic rings. The van der Waals surface area contributed by atoms with Gasteiger partial charge in [0.2, 0.25) is 0 Å². The highest BCUT2D eigenvalue weighted by Gasteiger charge is 2.08. The van der Waals surface area contributed by atoms with Gasteiger partial charge in [0.25, 0.3) is 0 Å². The summed E-state index contributed by atoms with van der Waals surface area (Å²) in [5, 5.41) is 6.27. The molecule has 0 amide bonds. The third-order valence-corrected chi connectivity index (χ3v) is 4.22. The lowest BCUT2D eigenvalue weighted by molar-refractivity contribution is 0.907. The summed E-state index contributed by atoms with van der Waals surface area (Å²) in [4.78, 5) is 1.32. The summed E-state index contributed by atoms with van der Waals surface area (Å²) in [6.07, 6.45) is 0. The Kier molecular flexibility index (Phi) is 3.90. The van der Waals surface area contributed by atoms with Crippen molar-refractivity contribution in [3.05, 3.63) is 50.1 Å². The van der Waals surface area contributed by atoms with Crippen molar-refractivity contribution in [1.29, 1.82) is 0 Å². The standard InChI is InChI=1S/C12H11BrClNS/c1-8(12-3-2-6-16-12)15-11-5-4-9(14)7-10(11)13/h2-8,15H,1H3. The van der Waals surface area contributed by atoms with Crippen LogP contribution in [0.3, 0.4) is 0 Å². The van der Waals surface area contributed by atoms with Crippen LogP contribution in [-0.2, 0) is 0 Å². The first-order chi connectivity index (χ1) is 7.66. The molecule has 0 saturated carbocycles. The van der Waals surface area contributed by atoms with Gasteiger partial charge in [-0.2, -0.15) is 0 Å². The molecule has 16 heavy (non-hydrogen) atoms. The molecular formula is C12H11BrClNS. The molecule has 1 atom stereocenters. The highest BCUT2D eigenvalue weighted by Crippen LogP contribution is 2.30. The molecule has 84 valence electrons. The maximum Gasteiger partial charge on any atom is 0.0578 e. The number of hydrogen-bond acceptors (Lipinski definition) is 2. The Labute approximate surface area is 113 Å². The van der Waals surface area contributed by atoms with Gasteiger partial charge in [0, 0.05) is 20.1 Å². The molecular weight excluding hydrogens is 306 g/mol. The van der Waals surface area contributed by atoms with Gasteiger partial charge in [0.15, 0.2) is 0 Å². The van der Waals surface area contributed by atoms with E-state index in [1.807, 2.05) is 18.2 Å². The van der Waals surface area contributed by atoms with Crippen LogP contribution >= 0.6 is 38.9 Å². The van der Waals surface area contributed by atoms with E-state index in [9.17, 15) is 0 Å². The van der Waals surface area contributed by atoms with Gasteiger partial charge in [-0.25, -0.2) is 0 Å². The molecule has 1 nitrogen and oxygen atoms in total. The monoisotopic (exact) mass is 315 g/mol. The molecule has 4 heteroatoms. The highest BCUT2D eigenvalue weighted by molar-refractivity contribution is 9.10. The quantitative estimate of drug-likeness (QED) is 0.806. The van der Waals surface area contributed by atoms with Crippen LogP contribution in [0.15, 0.2) is 40.2 Å². The van der Waals surface area contributed by atoms with Gasteiger partial charge in [-0.1, -0.05) is 17.7 Å². The Morgan fingerprint density at radius 3 is 2.81 bits per heavy atom. The van der Waals surface area contributed by atoms with Crippen LogP contribution in [0.1, 0.15) is 17.8 Å². The topological polar surface area (TPSA) is 12.0 Å². The average molecular weight is 317 g/mol. The zero-order valence-electron chi connectivity index (χ0n) is 8.71. The van der Waals surface area contributed by atoms with Crippen LogP contribution in [-0.4, -0.2) is 0 Å². The first kappa shape index (κ1) is 12.0. The zero-order chi connectivity index (χ0) is 11.5. The van der Waals surface area contributed by atoms with Crippen LogP contribution in [0.5, 0.6) is 0 Å². The summed E-state index contributed by atoms with van der Waals surface area (Å²) in [7, 11) is 0. The van der Waals surface area contributed by atoms with Crippen LogP contribution in [0.25, 0.3) is 0 Å². The molecule has 0 saturated heterocycles. The van der Waals surface area contributed by atoms with Gasteiger partial charge in [-0.05, 0) is 52.5 Å². The Balaban J connectivity index is 2.15. The molecule has 1 heterocycles. The summed E-state index contributed by atoms with van der Waals surface area (Å²) in [6.45, 7) is 2.15. The molecule has 0 spiro atoms. The van der Waals surface area contributed by atoms with Crippen molar-refractivity contribution in [2.45, 2.75) is 13.0 Å². The minimum atomic E-state index is 0.303. The van der Waals surface area contributed by atoms with E-state index in [2.05, 4.69) is 45.7 Å². The maximum absolute atomic E-state index is 5.90. The number of halogens is 2. The molecule has 1 aromatic carbocycles. The third kappa shape index (κ3) is 2.78. The van der Waals surface area contributed by atoms with Gasteiger partial charge in [-0.3, -0.25) is 0 Å². The molecule has 1 N–H and O–H groups in total. The Bertz CT molecular complexity index is 470. The first-order valence-corrected chi connectivity index (χ1v) is 6.97. The van der Waals surface area contributed by atoms with Crippen molar-refractivity contribution in [2.24, 2.45) is 0 Å². The fourth-order valence-electron chi connectivity index (χ4n) is 1.45. The van der Waals surface area contributed by atoms with E-state index < -0.39 is 0 Å². The van der Waals surface area contributed by atoms with E-state index in [4.69, 9.17) is 11.6 Å². The van der Waals surface area contributed by atoms with E-state index in [1.165, 1.54) is 4.88 Å². The van der Waals surface area contributed by atoms with Crippen LogP contribution in [0, 0.1) is 0 Å². The number of benzene rings is 1. The number of nitrogens with one attached hydrogen (secondary N) is 1. The molecule has 0 radical (unpaired) electrons. The molecule has 0 bridgehead atoms. The summed E-state index contributed by atoms with van der Waals surface area (Å²) >= 11 is 11.1. The van der Waals surface area contributed by atoms with Gasteiger partial charge in [0.05, 0.1) is 6.04 Å². The van der Waals surface area contributed by atoms with Crippen molar-refractivity contribution < 1.29 is 0 Å². The van der Waals surface area contributed by atoms with Crippen LogP contribution < -0.4 is 5.32 Å². The normalized spacial score (nSPS) is 12.4. The van der Waals surface area contributed by atoms with E-state index in [1.54, 1.807) is 11.3 Å². The van der Waals surface area contributed by atoms with Crippen molar-refractivity contribution >= 4 is 44.6 Å². The second-order valence-electron chi connectivity index (χ2n) is 3.51. The first-order valence-electron chi connectivity index (χ1n) is 4.92. The smallest absolute Gasteiger partial charge is 0.0578 e. The van der Waals surface area contributed by atoms with E-state index in [0.29, 0.717) is 6.04 Å². The fraction of sp³-hybridized carbons (Fsp3) is 0.167. The van der Waals surface area contributed by atoms with Gasteiger partial charge < -0.3 is 5.32 Å². The van der Waals surface area contributed by atoms with Gasteiger partial charge in [-0.15, -0.1) is 11.3 Å². The molecule has 1 unspecified atom stereocenters. The van der Waals surface area contributed by atoms with Crippen molar-refractivity contribution in [2.75, 3.05) is 5.32 Å². The molecule has 1 aromatic heterocycles. The Hall–Kier alpha value is -0.510. The van der Waals surface area contributed by atoms with E-state index in [-0.39, 0.29) is 0 Å². The zero-order valence-corrected chi connectivity index (χ0v) is 11.9. The second kappa shape index (κ2) is 5.21. The van der Waals surface area contributed by atoms with Gasteiger partial charge in [0.1, 0.15) is 0 Å². The molecule has 0 aliphatic carbocycles. The fourth-order valence-corrected chi connectivity index (χ4v) is 2.98. The molecule has 0 fully saturated rings. The van der Waals surface area contributed by atoms with Crippen LogP contribution in [0.4, 0.5) is 5.69 Å². The van der Waals surface area contributed by atoms with E-state index >= 15 is 0 Å². The summed E-state index contributed by atoms with van der Waals surface area (Å²) < 4.78 is 0.989. The largest absolute Gasteiger partial charge is 0.377 e. The lowest BCUT2D eigenvalue weighted by Crippen LogP contribution is -2.05. The van der Waals surface area contributed by atoms with Crippen molar-refractivity contribution in [3.63, 3.8) is 0 Å². The lowest BCUT2D eigenvalue weighted by atomic mass is 10.2. The third-order valence-electron chi connectivity index (χ3n) is 2.27. The summed E-state index contributed by atoms with van der Waals surface area (Å²) in [5.41, 5.74) is 1.06. The van der Waals surface area contributed by atoms with Crippen LogP contribution in [0.2, 0.25) is 5.02 Å². The SMILES string of the molecule is CC(Nc1ccc(Cl)cc1Br)c1cccs1. The highest BCUT2D eigenvalue weighted by atomic mass is 79.9. The molecule has 2 rings (SSSR count). The predicted octanol–water partition coefficient (Wildman–Crippen LogP) is 5.34. The summed E-state index contributed by atoms with van der Waals surface area (Å²) in [6, 6.07) is 10.3. The second-order valence-corrected chi connectivity index (χ2v) is 5.78. The number of anilines is 1. The number of rotatable bonds is 3. The minimum absolute atomic E-state index is 0.303. The maximum atomic E-state index is 5.90. The Morgan fingerprint density at radius 2 is 2.19 bits per heavy atom. The van der Waals surface area contributed by atoms with E-state index in [0.717, 1.165) is 15.2 Å². The lowest BCUT2D eigenvalue weighted by Gasteiger charge is -2.15. The Morgan fingerprint density at radius 1 is 1.38 bits per heavy atom. The predicted molar refractivity (Wildman–Crippen MR) is 75.5 cm³/mol. The van der Waals surface area contributed by atoms with Gasteiger partial charge >= 0.3 is 0 Å². The number of hydrogen-bond donors (Lipinski definition) is 1. The molecule has 2 aromatic rings. The van der Waals surface area contributed by atoms with Crippen molar-refractivity contribution in [3.8, 4) is 0 Å². The summed E-state index contributed by atoms with van der Waals surface area (Å²) in [5.74, 6) is 0. The number of thiophene rings is 1. The van der Waals surface area contributed by atoms with Crippen molar-refractivity contribution in [1.82, 2.24) is 0 Å². The average Bonchev–Trinajstić information content (AvgIpc) is 2.75.